The van der Waals surface area contributed by atoms with Crippen LogP contribution >= 0.6 is 12.4 Å². The minimum absolute atomic E-state index is 0. The molecular formula is C10H15ClN4O2. The number of hydrogen-bond acceptors (Lipinski definition) is 5. The van der Waals surface area contributed by atoms with E-state index in [0.29, 0.717) is 5.82 Å². The van der Waals surface area contributed by atoms with Crippen LogP contribution in [0, 0.1) is 0 Å². The Hall–Kier alpha value is -1.40. The zero-order chi connectivity index (χ0) is 11.5. The van der Waals surface area contributed by atoms with Gasteiger partial charge in [0.25, 0.3) is 0 Å². The van der Waals surface area contributed by atoms with Gasteiger partial charge in [-0.05, 0) is 7.05 Å². The number of rotatable bonds is 2. The number of carbonyl (C=O) groups is 1. The highest BCUT2D eigenvalue weighted by molar-refractivity contribution is 5.85. The van der Waals surface area contributed by atoms with E-state index in [1.807, 2.05) is 0 Å². The van der Waals surface area contributed by atoms with Crippen LogP contribution in [0.1, 0.15) is 10.5 Å². The molecule has 2 heterocycles. The molecule has 0 amide bonds. The third-order valence-corrected chi connectivity index (χ3v) is 2.67. The maximum atomic E-state index is 10.8. The molecule has 1 aliphatic heterocycles. The minimum Gasteiger partial charge on any atom is -0.476 e. The number of anilines is 1. The molecule has 1 fully saturated rings. The van der Waals surface area contributed by atoms with Gasteiger partial charge in [-0.1, -0.05) is 0 Å². The minimum atomic E-state index is -1.04. The summed E-state index contributed by atoms with van der Waals surface area (Å²) in [5.41, 5.74) is -0.00331. The third kappa shape index (κ3) is 3.28. The first-order valence-corrected chi connectivity index (χ1v) is 5.15. The molecule has 0 aliphatic carbocycles. The SMILES string of the molecule is CN1CCN(c2cncc(C(=O)O)n2)CC1.Cl. The second-order valence-electron chi connectivity index (χ2n) is 3.86. The van der Waals surface area contributed by atoms with Crippen molar-refractivity contribution in [1.29, 1.82) is 0 Å². The highest BCUT2D eigenvalue weighted by Gasteiger charge is 2.16. The molecule has 0 aromatic carbocycles. The van der Waals surface area contributed by atoms with Crippen molar-refractivity contribution in [1.82, 2.24) is 14.9 Å². The molecule has 1 saturated heterocycles. The van der Waals surface area contributed by atoms with E-state index in [1.165, 1.54) is 6.20 Å². The van der Waals surface area contributed by atoms with E-state index in [2.05, 4.69) is 26.8 Å². The lowest BCUT2D eigenvalue weighted by molar-refractivity contribution is 0.0690. The Morgan fingerprint density at radius 2 is 1.94 bits per heavy atom. The molecule has 1 aromatic heterocycles. The molecule has 17 heavy (non-hydrogen) atoms. The largest absolute Gasteiger partial charge is 0.476 e. The normalized spacial score (nSPS) is 16.4. The molecule has 1 aromatic rings. The number of nitrogens with zero attached hydrogens (tertiary/aromatic N) is 4. The average Bonchev–Trinajstić information content (AvgIpc) is 2.30. The number of aromatic nitrogens is 2. The number of hydrogen-bond donors (Lipinski definition) is 1. The number of halogens is 1. The lowest BCUT2D eigenvalue weighted by Crippen LogP contribution is -2.45. The summed E-state index contributed by atoms with van der Waals surface area (Å²) in [4.78, 5) is 23.0. The highest BCUT2D eigenvalue weighted by atomic mass is 35.5. The van der Waals surface area contributed by atoms with Gasteiger partial charge in [0.1, 0.15) is 5.82 Å². The van der Waals surface area contributed by atoms with Gasteiger partial charge in [0, 0.05) is 26.2 Å². The molecule has 0 bridgehead atoms. The molecule has 0 unspecified atom stereocenters. The van der Waals surface area contributed by atoms with Crippen molar-refractivity contribution in [3.05, 3.63) is 18.1 Å². The first-order chi connectivity index (χ1) is 7.66. The Bertz CT molecular complexity index is 394. The fourth-order valence-corrected chi connectivity index (χ4v) is 1.65. The first kappa shape index (κ1) is 13.7. The molecule has 1 N–H and O–H groups in total. The first-order valence-electron chi connectivity index (χ1n) is 5.15. The topological polar surface area (TPSA) is 69.6 Å². The number of piperazine rings is 1. The summed E-state index contributed by atoms with van der Waals surface area (Å²) in [7, 11) is 2.07. The lowest BCUT2D eigenvalue weighted by atomic mass is 10.3. The van der Waals surface area contributed by atoms with Crippen molar-refractivity contribution >= 4 is 24.2 Å². The molecule has 2 rings (SSSR count). The Kier molecular flexibility index (Phi) is 4.65. The maximum absolute atomic E-state index is 10.8. The molecule has 0 spiro atoms. The average molecular weight is 259 g/mol. The van der Waals surface area contributed by atoms with Gasteiger partial charge < -0.3 is 14.9 Å². The van der Waals surface area contributed by atoms with E-state index < -0.39 is 5.97 Å². The third-order valence-electron chi connectivity index (χ3n) is 2.67. The number of carboxylic acids is 1. The molecule has 6 nitrogen and oxygen atoms in total. The van der Waals surface area contributed by atoms with Crippen LogP contribution in [0.15, 0.2) is 12.4 Å². The molecule has 7 heteroatoms. The highest BCUT2D eigenvalue weighted by Crippen LogP contribution is 2.12. The monoisotopic (exact) mass is 258 g/mol. The van der Waals surface area contributed by atoms with Crippen LogP contribution in [-0.2, 0) is 0 Å². The number of likely N-dealkylation sites (N-methyl/N-ethyl adjacent to an activating group) is 1. The van der Waals surface area contributed by atoms with E-state index in [-0.39, 0.29) is 18.1 Å². The van der Waals surface area contributed by atoms with Crippen molar-refractivity contribution < 1.29 is 9.90 Å². The van der Waals surface area contributed by atoms with Crippen molar-refractivity contribution in [3.8, 4) is 0 Å². The van der Waals surface area contributed by atoms with Crippen molar-refractivity contribution in [3.63, 3.8) is 0 Å². The molecule has 94 valence electrons. The second kappa shape index (κ2) is 5.79. The van der Waals surface area contributed by atoms with Gasteiger partial charge in [0.05, 0.1) is 12.4 Å². The van der Waals surface area contributed by atoms with E-state index in [0.717, 1.165) is 26.2 Å². The molecule has 0 atom stereocenters. The second-order valence-corrected chi connectivity index (χ2v) is 3.86. The van der Waals surface area contributed by atoms with Crippen LogP contribution in [0.3, 0.4) is 0 Å². The van der Waals surface area contributed by atoms with Gasteiger partial charge in [-0.2, -0.15) is 0 Å². The van der Waals surface area contributed by atoms with E-state index in [9.17, 15) is 4.79 Å². The van der Waals surface area contributed by atoms with Crippen LogP contribution in [-0.4, -0.2) is 59.2 Å². The van der Waals surface area contributed by atoms with Crippen LogP contribution in [0.5, 0.6) is 0 Å². The molecule has 1 aliphatic rings. The Morgan fingerprint density at radius 1 is 1.29 bits per heavy atom. The standard InChI is InChI=1S/C10H14N4O2.ClH/c1-13-2-4-14(5-3-13)9-7-11-6-8(12-9)10(15)16;/h6-7H,2-5H2,1H3,(H,15,16);1H. The van der Waals surface area contributed by atoms with E-state index in [1.54, 1.807) is 6.20 Å². The molecular weight excluding hydrogens is 244 g/mol. The predicted octanol–water partition coefficient (Wildman–Crippen LogP) is 0.348. The van der Waals surface area contributed by atoms with Crippen LogP contribution in [0.25, 0.3) is 0 Å². The summed E-state index contributed by atoms with van der Waals surface area (Å²) < 4.78 is 0. The van der Waals surface area contributed by atoms with Gasteiger partial charge in [-0.25, -0.2) is 9.78 Å². The summed E-state index contributed by atoms with van der Waals surface area (Å²) in [6, 6.07) is 0. The van der Waals surface area contributed by atoms with Crippen molar-refractivity contribution in [2.45, 2.75) is 0 Å². The molecule has 0 saturated carbocycles. The fourth-order valence-electron chi connectivity index (χ4n) is 1.65. The van der Waals surface area contributed by atoms with Crippen molar-refractivity contribution in [2.24, 2.45) is 0 Å². The van der Waals surface area contributed by atoms with Gasteiger partial charge in [0.2, 0.25) is 0 Å². The van der Waals surface area contributed by atoms with Gasteiger partial charge in [-0.15, -0.1) is 12.4 Å². The van der Waals surface area contributed by atoms with Crippen LogP contribution in [0.4, 0.5) is 5.82 Å². The number of carboxylic acid groups (broad SMARTS) is 1. The summed E-state index contributed by atoms with van der Waals surface area (Å²) in [5, 5.41) is 8.82. The summed E-state index contributed by atoms with van der Waals surface area (Å²) in [6.07, 6.45) is 2.87. The predicted molar refractivity (Wildman–Crippen MR) is 65.9 cm³/mol. The fraction of sp³-hybridized carbons (Fsp3) is 0.500. The Morgan fingerprint density at radius 3 is 2.53 bits per heavy atom. The lowest BCUT2D eigenvalue weighted by Gasteiger charge is -2.32. The van der Waals surface area contributed by atoms with Gasteiger partial charge >= 0.3 is 5.97 Å². The van der Waals surface area contributed by atoms with Crippen LogP contribution < -0.4 is 4.90 Å². The zero-order valence-electron chi connectivity index (χ0n) is 9.54. The Labute approximate surface area is 106 Å². The quantitative estimate of drug-likeness (QED) is 0.826. The summed E-state index contributed by atoms with van der Waals surface area (Å²) in [5.74, 6) is -0.392. The van der Waals surface area contributed by atoms with Crippen molar-refractivity contribution in [2.75, 3.05) is 38.1 Å². The van der Waals surface area contributed by atoms with E-state index >= 15 is 0 Å². The summed E-state index contributed by atoms with van der Waals surface area (Å²) in [6.45, 7) is 3.63. The van der Waals surface area contributed by atoms with Crippen LogP contribution in [0.2, 0.25) is 0 Å². The van der Waals surface area contributed by atoms with Gasteiger partial charge in [-0.3, -0.25) is 4.98 Å². The van der Waals surface area contributed by atoms with Gasteiger partial charge in [0.15, 0.2) is 5.69 Å². The Balaban J connectivity index is 0.00000144. The zero-order valence-corrected chi connectivity index (χ0v) is 10.4. The molecule has 0 radical (unpaired) electrons. The number of aromatic carboxylic acids is 1. The maximum Gasteiger partial charge on any atom is 0.356 e. The smallest absolute Gasteiger partial charge is 0.356 e. The van der Waals surface area contributed by atoms with E-state index in [4.69, 9.17) is 5.11 Å². The summed E-state index contributed by atoms with van der Waals surface area (Å²) >= 11 is 0.